The van der Waals surface area contributed by atoms with Gasteiger partial charge >= 0.3 is 0 Å². The Bertz CT molecular complexity index is 1330. The predicted molar refractivity (Wildman–Crippen MR) is 139 cm³/mol. The number of aryl methyl sites for hydroxylation is 2. The van der Waals surface area contributed by atoms with Crippen LogP contribution in [0.1, 0.15) is 40.3 Å². The number of thiocarbonyl (C=S) groups is 1. The van der Waals surface area contributed by atoms with Gasteiger partial charge in [-0.25, -0.2) is 4.98 Å². The van der Waals surface area contributed by atoms with Crippen molar-refractivity contribution in [2.24, 2.45) is 0 Å². The summed E-state index contributed by atoms with van der Waals surface area (Å²) in [5.74, 6) is 1.76. The molecular formula is C27H27N5OS. The van der Waals surface area contributed by atoms with Gasteiger partial charge in [-0.2, -0.15) is 0 Å². The number of ether oxygens (including phenoxy) is 1. The van der Waals surface area contributed by atoms with Crippen LogP contribution >= 0.6 is 12.2 Å². The van der Waals surface area contributed by atoms with Crippen molar-refractivity contribution in [3.05, 3.63) is 101 Å². The molecule has 1 N–H and O–H groups in total. The molecule has 1 fully saturated rings. The van der Waals surface area contributed by atoms with Gasteiger partial charge in [-0.3, -0.25) is 4.98 Å². The van der Waals surface area contributed by atoms with Crippen molar-refractivity contribution in [1.82, 2.24) is 19.9 Å². The van der Waals surface area contributed by atoms with Crippen LogP contribution in [0.3, 0.4) is 0 Å². The highest BCUT2D eigenvalue weighted by atomic mass is 32.1. The summed E-state index contributed by atoms with van der Waals surface area (Å²) in [5.41, 5.74) is 6.52. The second kappa shape index (κ2) is 8.91. The van der Waals surface area contributed by atoms with Crippen LogP contribution in [-0.4, -0.2) is 26.8 Å². The molecule has 1 aromatic carbocycles. The molecule has 172 valence electrons. The van der Waals surface area contributed by atoms with Gasteiger partial charge in [0.2, 0.25) is 0 Å². The number of benzene rings is 1. The molecule has 7 heteroatoms. The maximum absolute atomic E-state index is 5.87. The van der Waals surface area contributed by atoms with Gasteiger partial charge in [-0.05, 0) is 92.6 Å². The Morgan fingerprint density at radius 1 is 0.941 bits per heavy atom. The van der Waals surface area contributed by atoms with E-state index in [9.17, 15) is 0 Å². The Labute approximate surface area is 205 Å². The lowest BCUT2D eigenvalue weighted by Gasteiger charge is -2.28. The zero-order valence-corrected chi connectivity index (χ0v) is 20.5. The van der Waals surface area contributed by atoms with E-state index in [0.29, 0.717) is 5.11 Å². The van der Waals surface area contributed by atoms with Crippen LogP contribution in [0.2, 0.25) is 0 Å². The third-order valence-electron chi connectivity index (χ3n) is 6.43. The molecule has 2 atom stereocenters. The van der Waals surface area contributed by atoms with E-state index in [1.165, 1.54) is 5.56 Å². The number of hydrogen-bond acceptors (Lipinski definition) is 4. The summed E-state index contributed by atoms with van der Waals surface area (Å²) in [6.45, 7) is 6.37. The van der Waals surface area contributed by atoms with E-state index >= 15 is 0 Å². The summed E-state index contributed by atoms with van der Waals surface area (Å²) < 4.78 is 7.60. The highest BCUT2D eigenvalue weighted by Gasteiger charge is 2.42. The average Bonchev–Trinajstić information content (AvgIpc) is 3.35. The first-order chi connectivity index (χ1) is 16.5. The Morgan fingerprint density at radius 2 is 1.71 bits per heavy atom. The number of rotatable bonds is 5. The second-order valence-electron chi connectivity index (χ2n) is 8.50. The lowest BCUT2D eigenvalue weighted by molar-refractivity contribution is 0.415. The molecule has 0 bridgehead atoms. The Hall–Kier alpha value is -3.71. The monoisotopic (exact) mass is 469 g/mol. The third-order valence-corrected chi connectivity index (χ3v) is 6.75. The van der Waals surface area contributed by atoms with Crippen LogP contribution in [0.4, 0.5) is 5.69 Å². The smallest absolute Gasteiger partial charge is 0.174 e. The van der Waals surface area contributed by atoms with E-state index in [4.69, 9.17) is 17.0 Å². The Kier molecular flexibility index (Phi) is 5.79. The van der Waals surface area contributed by atoms with Crippen LogP contribution in [0.15, 0.2) is 73.1 Å². The van der Waals surface area contributed by atoms with Gasteiger partial charge in [0, 0.05) is 29.5 Å². The highest BCUT2D eigenvalue weighted by Crippen LogP contribution is 2.44. The summed E-state index contributed by atoms with van der Waals surface area (Å²) >= 11 is 5.87. The molecule has 0 spiro atoms. The van der Waals surface area contributed by atoms with Crippen molar-refractivity contribution in [1.29, 1.82) is 0 Å². The van der Waals surface area contributed by atoms with Gasteiger partial charge in [0.1, 0.15) is 11.6 Å². The zero-order chi connectivity index (χ0) is 23.8. The Morgan fingerprint density at radius 3 is 2.38 bits per heavy atom. The van der Waals surface area contributed by atoms with E-state index in [2.05, 4.69) is 57.7 Å². The predicted octanol–water partition coefficient (Wildman–Crippen LogP) is 5.38. The molecule has 0 radical (unpaired) electrons. The van der Waals surface area contributed by atoms with Gasteiger partial charge in [-0.15, -0.1) is 0 Å². The minimum atomic E-state index is -0.102. The van der Waals surface area contributed by atoms with Crippen molar-refractivity contribution in [3.63, 3.8) is 0 Å². The van der Waals surface area contributed by atoms with Gasteiger partial charge in [0.15, 0.2) is 5.11 Å². The molecule has 2 unspecified atom stereocenters. The number of aromatic nitrogens is 3. The lowest BCUT2D eigenvalue weighted by Crippen LogP contribution is -2.29. The fourth-order valence-corrected chi connectivity index (χ4v) is 5.16. The third kappa shape index (κ3) is 3.72. The molecule has 6 nitrogen and oxygen atoms in total. The van der Waals surface area contributed by atoms with Crippen molar-refractivity contribution >= 4 is 23.0 Å². The van der Waals surface area contributed by atoms with Crippen LogP contribution in [0.5, 0.6) is 5.75 Å². The second-order valence-corrected chi connectivity index (χ2v) is 8.89. The topological polar surface area (TPSA) is 55.2 Å². The number of anilines is 1. The van der Waals surface area contributed by atoms with Crippen LogP contribution in [0.25, 0.3) is 5.82 Å². The minimum Gasteiger partial charge on any atom is -0.497 e. The van der Waals surface area contributed by atoms with Gasteiger partial charge < -0.3 is 19.5 Å². The summed E-state index contributed by atoms with van der Waals surface area (Å²) in [6, 6.07) is 20.1. The van der Waals surface area contributed by atoms with Crippen LogP contribution < -0.4 is 15.0 Å². The normalized spacial score (nSPS) is 17.6. The standard InChI is InChI=1S/C27H27N5OS/c1-17-8-7-15-29-26(17)31-18(2)16-22(19(31)3)25-24(23-9-5-6-14-28-23)30-27(34)32(25)20-10-12-21(33-4)13-11-20/h5-16,24-25H,1-4H3,(H,30,34). The Balaban J connectivity index is 1.68. The van der Waals surface area contributed by atoms with E-state index in [-0.39, 0.29) is 12.1 Å². The molecular weight excluding hydrogens is 442 g/mol. The first-order valence-electron chi connectivity index (χ1n) is 11.2. The highest BCUT2D eigenvalue weighted by molar-refractivity contribution is 7.80. The molecule has 1 aliphatic heterocycles. The van der Waals surface area contributed by atoms with Crippen molar-refractivity contribution in [3.8, 4) is 11.6 Å². The minimum absolute atomic E-state index is 0.0836. The maximum atomic E-state index is 5.87. The van der Waals surface area contributed by atoms with Crippen LogP contribution in [0, 0.1) is 20.8 Å². The zero-order valence-electron chi connectivity index (χ0n) is 19.7. The van der Waals surface area contributed by atoms with Crippen molar-refractivity contribution in [2.75, 3.05) is 12.0 Å². The van der Waals surface area contributed by atoms with E-state index in [1.807, 2.05) is 60.9 Å². The van der Waals surface area contributed by atoms with E-state index < -0.39 is 0 Å². The molecule has 1 aliphatic rings. The summed E-state index contributed by atoms with van der Waals surface area (Å²) in [5, 5.41) is 4.21. The number of nitrogens with zero attached hydrogens (tertiary/aromatic N) is 4. The maximum Gasteiger partial charge on any atom is 0.174 e. The molecule has 34 heavy (non-hydrogen) atoms. The first kappa shape index (κ1) is 22.1. The number of nitrogens with one attached hydrogen (secondary N) is 1. The van der Waals surface area contributed by atoms with E-state index in [0.717, 1.165) is 39.9 Å². The molecule has 0 saturated carbocycles. The summed E-state index contributed by atoms with van der Waals surface area (Å²) in [6.07, 6.45) is 3.67. The molecule has 1 saturated heterocycles. The molecule has 4 heterocycles. The molecule has 5 rings (SSSR count). The van der Waals surface area contributed by atoms with Gasteiger partial charge in [0.05, 0.1) is 24.9 Å². The van der Waals surface area contributed by atoms with Gasteiger partial charge in [-0.1, -0.05) is 12.1 Å². The summed E-state index contributed by atoms with van der Waals surface area (Å²) in [7, 11) is 1.67. The molecule has 4 aromatic rings. The van der Waals surface area contributed by atoms with Crippen molar-refractivity contribution in [2.45, 2.75) is 32.9 Å². The first-order valence-corrected chi connectivity index (χ1v) is 11.7. The quantitative estimate of drug-likeness (QED) is 0.396. The molecule has 0 aliphatic carbocycles. The SMILES string of the molecule is COc1ccc(N2C(=S)NC(c3ccccn3)C2c2cc(C)n(-c3ncccc3C)c2C)cc1. The van der Waals surface area contributed by atoms with Crippen LogP contribution in [-0.2, 0) is 0 Å². The largest absolute Gasteiger partial charge is 0.497 e. The fourth-order valence-electron chi connectivity index (χ4n) is 4.82. The number of methoxy groups -OCH3 is 1. The number of pyridine rings is 2. The number of hydrogen-bond donors (Lipinski definition) is 1. The van der Waals surface area contributed by atoms with Crippen molar-refractivity contribution < 1.29 is 4.74 Å². The molecule has 3 aromatic heterocycles. The lowest BCUT2D eigenvalue weighted by atomic mass is 9.96. The van der Waals surface area contributed by atoms with Gasteiger partial charge in [0.25, 0.3) is 0 Å². The fraction of sp³-hybridized carbons (Fsp3) is 0.222. The molecule has 0 amide bonds. The summed E-state index contributed by atoms with van der Waals surface area (Å²) in [4.78, 5) is 11.5. The van der Waals surface area contributed by atoms with E-state index in [1.54, 1.807) is 7.11 Å². The average molecular weight is 470 g/mol.